The zero-order chi connectivity index (χ0) is 35.1. The number of aromatic nitrogens is 6. The number of fused-ring (bicyclic) bond motifs is 16. The van der Waals surface area contributed by atoms with Gasteiger partial charge in [0.15, 0.2) is 0 Å². The molecule has 2 aliphatic rings. The maximum Gasteiger partial charge on any atom is 0.0929 e. The van der Waals surface area contributed by atoms with E-state index in [1.807, 2.05) is 0 Å². The molecule has 256 valence electrons. The minimum Gasteiger partial charge on any atom is -0.353 e. The number of nitrogens with one attached hydrogen (secondary N) is 2. The first-order valence-electron chi connectivity index (χ1n) is 18.9. The van der Waals surface area contributed by atoms with E-state index in [1.165, 1.54) is 44.5 Å². The number of allylic oxidation sites excluding steroid dienone is 4. The fraction of sp³-hybridized carbons (Fsp3) is 0.364. The molecule has 0 atom stereocenters. The van der Waals surface area contributed by atoms with Crippen LogP contribution >= 0.6 is 0 Å². The highest BCUT2D eigenvalue weighted by Crippen LogP contribution is 2.39. The second-order valence-electron chi connectivity index (χ2n) is 13.3. The molecule has 7 heterocycles. The van der Waals surface area contributed by atoms with Crippen molar-refractivity contribution in [1.82, 2.24) is 29.9 Å². The first kappa shape index (κ1) is 33.6. The topological polar surface area (TPSA) is 83.1 Å². The van der Waals surface area contributed by atoms with E-state index in [1.54, 1.807) is 0 Å². The molecule has 0 unspecified atom stereocenters. The summed E-state index contributed by atoms with van der Waals surface area (Å²) in [6.45, 7) is 17.9. The Labute approximate surface area is 295 Å². The Bertz CT molecular complexity index is 2250. The van der Waals surface area contributed by atoms with Crippen LogP contribution in [0.3, 0.4) is 0 Å². The van der Waals surface area contributed by atoms with Crippen molar-refractivity contribution in [1.29, 1.82) is 0 Å². The van der Waals surface area contributed by atoms with E-state index in [0.717, 1.165) is 118 Å². The van der Waals surface area contributed by atoms with Gasteiger partial charge in [-0.2, -0.15) is 0 Å². The van der Waals surface area contributed by atoms with Crippen LogP contribution in [-0.2, 0) is 25.7 Å². The van der Waals surface area contributed by atoms with Gasteiger partial charge in [-0.3, -0.25) is 0 Å². The van der Waals surface area contributed by atoms with Crippen molar-refractivity contribution >= 4 is 66.4 Å². The zero-order valence-electron chi connectivity index (χ0n) is 31.1. The summed E-state index contributed by atoms with van der Waals surface area (Å²) in [5.41, 5.74) is 22.7. The molecule has 50 heavy (non-hydrogen) atoms. The van der Waals surface area contributed by atoms with Crippen molar-refractivity contribution in [3.63, 3.8) is 0 Å². The maximum atomic E-state index is 5.37. The van der Waals surface area contributed by atoms with Crippen LogP contribution in [0.25, 0.3) is 66.4 Å². The van der Waals surface area contributed by atoms with Gasteiger partial charge < -0.3 is 9.97 Å². The van der Waals surface area contributed by atoms with Crippen molar-refractivity contribution in [2.24, 2.45) is 0 Å². The lowest BCUT2D eigenvalue weighted by Gasteiger charge is -2.04. The van der Waals surface area contributed by atoms with E-state index in [9.17, 15) is 0 Å². The summed E-state index contributed by atoms with van der Waals surface area (Å²) in [7, 11) is 0. The normalized spacial score (nSPS) is 13.3. The molecule has 5 aromatic rings. The third-order valence-electron chi connectivity index (χ3n) is 10.8. The van der Waals surface area contributed by atoms with Gasteiger partial charge in [0.25, 0.3) is 0 Å². The minimum atomic E-state index is 0.897. The number of aryl methyl sites for hydroxylation is 4. The fourth-order valence-electron chi connectivity index (χ4n) is 8.47. The molecule has 6 heteroatoms. The molecule has 0 radical (unpaired) electrons. The Morgan fingerprint density at radius 2 is 0.760 bits per heavy atom. The lowest BCUT2D eigenvalue weighted by atomic mass is 9.99. The number of pyridine rings is 2. The average Bonchev–Trinajstić information content (AvgIpc) is 3.90. The number of aromatic amines is 2. The van der Waals surface area contributed by atoms with Gasteiger partial charge >= 0.3 is 0 Å². The fourth-order valence-corrected chi connectivity index (χ4v) is 8.47. The summed E-state index contributed by atoms with van der Waals surface area (Å²) in [6.07, 6.45) is 7.28. The molecule has 5 aromatic heterocycles. The van der Waals surface area contributed by atoms with Crippen LogP contribution in [0.5, 0.6) is 0 Å². The van der Waals surface area contributed by atoms with Crippen molar-refractivity contribution in [2.75, 3.05) is 0 Å². The molecular weight excluding hydrogens is 613 g/mol. The van der Waals surface area contributed by atoms with Crippen molar-refractivity contribution in [2.45, 2.75) is 107 Å². The molecule has 2 aliphatic heterocycles. The van der Waals surface area contributed by atoms with Crippen LogP contribution in [-0.4, -0.2) is 29.9 Å². The highest BCUT2D eigenvalue weighted by atomic mass is 14.8. The molecule has 2 N–H and O–H groups in total. The summed E-state index contributed by atoms with van der Waals surface area (Å²) in [5, 5.41) is 0. The minimum absolute atomic E-state index is 0.897. The molecule has 0 amide bonds. The van der Waals surface area contributed by atoms with Gasteiger partial charge in [0.1, 0.15) is 0 Å². The number of H-pyrrole nitrogens is 2. The van der Waals surface area contributed by atoms with Crippen LogP contribution in [0.2, 0.25) is 0 Å². The SMILES string of the molecule is CCC1=C(CC)c2nc1cc1[nH]c(c(CC)c1CC)c1cccc(n1)c1nc(cc3[nH]c(c(CC)c3CC)c3cccc2n3)C(CC)=C1CC. The summed E-state index contributed by atoms with van der Waals surface area (Å²) in [5.74, 6) is 0. The Balaban J connectivity index is 1.73. The Kier molecular flexibility index (Phi) is 9.30. The largest absolute Gasteiger partial charge is 0.353 e. The van der Waals surface area contributed by atoms with Crippen LogP contribution in [0.15, 0.2) is 48.5 Å². The smallest absolute Gasteiger partial charge is 0.0929 e. The van der Waals surface area contributed by atoms with Crippen molar-refractivity contribution in [3.05, 3.63) is 93.6 Å². The van der Waals surface area contributed by atoms with Crippen molar-refractivity contribution < 1.29 is 0 Å². The maximum absolute atomic E-state index is 5.37. The molecule has 0 aromatic carbocycles. The van der Waals surface area contributed by atoms with E-state index < -0.39 is 0 Å². The number of rotatable bonds is 8. The number of nitrogens with zero attached hydrogens (tertiary/aromatic N) is 4. The Morgan fingerprint density at radius 1 is 0.400 bits per heavy atom. The predicted molar refractivity (Wildman–Crippen MR) is 213 cm³/mol. The van der Waals surface area contributed by atoms with Crippen LogP contribution in [0, 0.1) is 0 Å². The summed E-state index contributed by atoms with van der Waals surface area (Å²) < 4.78 is 0. The summed E-state index contributed by atoms with van der Waals surface area (Å²) >= 11 is 0. The number of hydrogen-bond acceptors (Lipinski definition) is 4. The van der Waals surface area contributed by atoms with Gasteiger partial charge in [0.05, 0.1) is 55.9 Å². The molecule has 6 nitrogen and oxygen atoms in total. The van der Waals surface area contributed by atoms with Crippen molar-refractivity contribution in [3.8, 4) is 0 Å². The average molecular weight is 663 g/mol. The van der Waals surface area contributed by atoms with Crippen LogP contribution in [0.4, 0.5) is 0 Å². The van der Waals surface area contributed by atoms with Gasteiger partial charge in [0.2, 0.25) is 0 Å². The van der Waals surface area contributed by atoms with E-state index in [4.69, 9.17) is 19.9 Å². The van der Waals surface area contributed by atoms with Crippen LogP contribution < -0.4 is 0 Å². The monoisotopic (exact) mass is 662 g/mol. The first-order valence-corrected chi connectivity index (χ1v) is 18.9. The van der Waals surface area contributed by atoms with E-state index in [0.29, 0.717) is 0 Å². The third-order valence-corrected chi connectivity index (χ3v) is 10.8. The van der Waals surface area contributed by atoms with E-state index >= 15 is 0 Å². The summed E-state index contributed by atoms with van der Waals surface area (Å²) in [4.78, 5) is 29.1. The first-order chi connectivity index (χ1) is 24.4. The zero-order valence-corrected chi connectivity index (χ0v) is 31.1. The molecule has 0 saturated heterocycles. The molecule has 0 saturated carbocycles. The molecule has 7 rings (SSSR count). The predicted octanol–water partition coefficient (Wildman–Crippen LogP) is 11.7. The Morgan fingerprint density at radius 3 is 1.10 bits per heavy atom. The van der Waals surface area contributed by atoms with E-state index in [-0.39, 0.29) is 0 Å². The highest BCUT2D eigenvalue weighted by molar-refractivity contribution is 5.99. The van der Waals surface area contributed by atoms with Gasteiger partial charge in [0, 0.05) is 11.0 Å². The quantitative estimate of drug-likeness (QED) is 0.173. The third kappa shape index (κ3) is 5.40. The standard InChI is InChI=1S/C44H50N6/c1-9-25-29(13-5)41-33-19-17-20-34(45-33)43-31(15-7)27(11-3)39(49-43)24-40-28(12-4)32(16-8)44(50-40)36-22-18-21-35(46-36)42-30(14-6)26(10-2)38(48-42)23-37(25)47-41/h17-24,47,50H,9-16H2,1-8H3. The molecule has 12 bridgehead atoms. The molecule has 0 aliphatic carbocycles. The Hall–Kier alpha value is -4.84. The number of hydrogen-bond donors (Lipinski definition) is 2. The molecular formula is C44H50N6. The lowest BCUT2D eigenvalue weighted by Crippen LogP contribution is -1.89. The van der Waals surface area contributed by atoms with Gasteiger partial charge in [-0.25, -0.2) is 19.9 Å². The van der Waals surface area contributed by atoms with Crippen LogP contribution in [0.1, 0.15) is 126 Å². The van der Waals surface area contributed by atoms with Gasteiger partial charge in [-0.05, 0) is 132 Å². The molecule has 0 spiro atoms. The van der Waals surface area contributed by atoms with E-state index in [2.05, 4.69) is 114 Å². The highest BCUT2D eigenvalue weighted by Gasteiger charge is 2.23. The van der Waals surface area contributed by atoms with Gasteiger partial charge in [-0.1, -0.05) is 67.5 Å². The second kappa shape index (κ2) is 13.8. The second-order valence-corrected chi connectivity index (χ2v) is 13.3. The van der Waals surface area contributed by atoms with Gasteiger partial charge in [-0.15, -0.1) is 0 Å². The summed E-state index contributed by atoms with van der Waals surface area (Å²) in [6, 6.07) is 17.3. The lowest BCUT2D eigenvalue weighted by molar-refractivity contribution is 1.07. The molecule has 0 fully saturated rings.